The number of nitrogens with zero attached hydrogens (tertiary/aromatic N) is 1. The van der Waals surface area contributed by atoms with E-state index in [1.54, 1.807) is 0 Å². The lowest BCUT2D eigenvalue weighted by molar-refractivity contribution is -0.138. The van der Waals surface area contributed by atoms with Gasteiger partial charge in [0.25, 0.3) is 0 Å². The monoisotopic (exact) mass is 231 g/mol. The highest BCUT2D eigenvalue weighted by atomic mass is 16.4. The molecule has 0 radical (unpaired) electrons. The summed E-state index contributed by atoms with van der Waals surface area (Å²) in [6.07, 6.45) is 2.41. The topological polar surface area (TPSA) is 40.5 Å². The minimum Gasteiger partial charge on any atom is -0.481 e. The van der Waals surface area contributed by atoms with Crippen LogP contribution in [0.3, 0.4) is 0 Å². The molecule has 0 heterocycles. The third kappa shape index (κ3) is 13.4. The Labute approximate surface area is 101 Å². The minimum atomic E-state index is -0.684. The third-order valence-electron chi connectivity index (χ3n) is 2.65. The average molecular weight is 231 g/mol. The van der Waals surface area contributed by atoms with Crippen LogP contribution in [0.4, 0.5) is 0 Å². The van der Waals surface area contributed by atoms with Gasteiger partial charge in [-0.2, -0.15) is 0 Å². The van der Waals surface area contributed by atoms with E-state index in [9.17, 15) is 4.79 Å². The maximum absolute atomic E-state index is 10.1. The molecule has 0 aromatic heterocycles. The van der Waals surface area contributed by atoms with Crippen LogP contribution in [0, 0.1) is 5.92 Å². The van der Waals surface area contributed by atoms with Gasteiger partial charge in [0, 0.05) is 6.42 Å². The van der Waals surface area contributed by atoms with Crippen molar-refractivity contribution >= 4 is 5.97 Å². The molecule has 0 saturated heterocycles. The number of carboxylic acid groups (broad SMARTS) is 1. The van der Waals surface area contributed by atoms with Crippen molar-refractivity contribution in [1.82, 2.24) is 4.90 Å². The second-order valence-corrected chi connectivity index (χ2v) is 4.11. The van der Waals surface area contributed by atoms with Gasteiger partial charge in [-0.05, 0) is 25.6 Å². The molecule has 1 unspecified atom stereocenters. The number of hydrogen-bond acceptors (Lipinski definition) is 2. The van der Waals surface area contributed by atoms with E-state index in [0.29, 0.717) is 12.3 Å². The summed E-state index contributed by atoms with van der Waals surface area (Å²) in [5.74, 6) is -0.344. The first kappa shape index (κ1) is 17.8. The molecule has 0 saturated carbocycles. The Morgan fingerprint density at radius 1 is 1.12 bits per heavy atom. The maximum Gasteiger partial charge on any atom is 0.303 e. The van der Waals surface area contributed by atoms with Crippen molar-refractivity contribution in [3.8, 4) is 0 Å². The molecule has 0 fully saturated rings. The SMILES string of the molecule is CCCC(C)CC(=O)O.CCN(CC)CC. The number of aliphatic carboxylic acids is 1. The fourth-order valence-corrected chi connectivity index (χ4v) is 1.56. The number of rotatable bonds is 7. The quantitative estimate of drug-likeness (QED) is 0.731. The van der Waals surface area contributed by atoms with Gasteiger partial charge >= 0.3 is 5.97 Å². The highest BCUT2D eigenvalue weighted by molar-refractivity contribution is 5.66. The van der Waals surface area contributed by atoms with E-state index in [1.807, 2.05) is 6.92 Å². The molecule has 0 bridgehead atoms. The summed E-state index contributed by atoms with van der Waals surface area (Å²) < 4.78 is 0. The summed E-state index contributed by atoms with van der Waals surface area (Å²) in [5, 5.41) is 8.31. The summed E-state index contributed by atoms with van der Waals surface area (Å²) in [4.78, 5) is 12.5. The van der Waals surface area contributed by atoms with Gasteiger partial charge in [0.05, 0.1) is 0 Å². The molecule has 0 aromatic carbocycles. The lowest BCUT2D eigenvalue weighted by atomic mass is 10.0. The zero-order chi connectivity index (χ0) is 13.0. The van der Waals surface area contributed by atoms with E-state index >= 15 is 0 Å². The van der Waals surface area contributed by atoms with Crippen LogP contribution in [0.15, 0.2) is 0 Å². The average Bonchev–Trinajstić information content (AvgIpc) is 2.20. The first-order chi connectivity index (χ1) is 7.51. The Balaban J connectivity index is 0. The van der Waals surface area contributed by atoms with E-state index in [-0.39, 0.29) is 0 Å². The van der Waals surface area contributed by atoms with Gasteiger partial charge in [-0.3, -0.25) is 4.79 Å². The molecule has 98 valence electrons. The third-order valence-corrected chi connectivity index (χ3v) is 2.65. The Bertz CT molecular complexity index is 151. The minimum absolute atomic E-state index is 0.313. The summed E-state index contributed by atoms with van der Waals surface area (Å²) >= 11 is 0. The molecule has 1 N–H and O–H groups in total. The predicted molar refractivity (Wildman–Crippen MR) is 69.8 cm³/mol. The standard InChI is InChI=1S/C7H14O2.C6H15N/c1-3-4-6(2)5-7(8)9;1-4-7(5-2)6-3/h6H,3-5H2,1-2H3,(H,8,9);4-6H2,1-3H3. The molecule has 16 heavy (non-hydrogen) atoms. The van der Waals surface area contributed by atoms with E-state index in [1.165, 1.54) is 19.6 Å². The molecule has 0 aliphatic rings. The fourth-order valence-electron chi connectivity index (χ4n) is 1.56. The van der Waals surface area contributed by atoms with Crippen molar-refractivity contribution in [3.05, 3.63) is 0 Å². The van der Waals surface area contributed by atoms with Crippen molar-refractivity contribution in [2.75, 3.05) is 19.6 Å². The number of carboxylic acids is 1. The van der Waals surface area contributed by atoms with Crippen molar-refractivity contribution in [2.45, 2.75) is 53.9 Å². The highest BCUT2D eigenvalue weighted by Gasteiger charge is 2.04. The first-order valence-electron chi connectivity index (χ1n) is 6.45. The zero-order valence-corrected chi connectivity index (χ0v) is 11.6. The molecule has 3 nitrogen and oxygen atoms in total. The van der Waals surface area contributed by atoms with E-state index in [4.69, 9.17) is 5.11 Å². The fraction of sp³-hybridized carbons (Fsp3) is 0.923. The highest BCUT2D eigenvalue weighted by Crippen LogP contribution is 2.08. The molecule has 0 amide bonds. The molecule has 1 atom stereocenters. The van der Waals surface area contributed by atoms with Crippen molar-refractivity contribution in [1.29, 1.82) is 0 Å². The summed E-state index contributed by atoms with van der Waals surface area (Å²) in [6, 6.07) is 0. The Kier molecular flexibility index (Phi) is 13.9. The van der Waals surface area contributed by atoms with Crippen LogP contribution in [0.1, 0.15) is 53.9 Å². The van der Waals surface area contributed by atoms with Crippen LogP contribution in [0.25, 0.3) is 0 Å². The van der Waals surface area contributed by atoms with Crippen LogP contribution < -0.4 is 0 Å². The van der Waals surface area contributed by atoms with E-state index < -0.39 is 5.97 Å². The summed E-state index contributed by atoms with van der Waals surface area (Å²) in [7, 11) is 0. The largest absolute Gasteiger partial charge is 0.481 e. The van der Waals surface area contributed by atoms with Gasteiger partial charge < -0.3 is 10.0 Å². The van der Waals surface area contributed by atoms with Crippen LogP contribution in [-0.2, 0) is 4.79 Å². The number of hydrogen-bond donors (Lipinski definition) is 1. The van der Waals surface area contributed by atoms with Crippen LogP contribution in [0.2, 0.25) is 0 Å². The molecule has 0 spiro atoms. The van der Waals surface area contributed by atoms with Gasteiger partial charge in [0.15, 0.2) is 0 Å². The van der Waals surface area contributed by atoms with Crippen molar-refractivity contribution < 1.29 is 9.90 Å². The summed E-state index contributed by atoms with van der Waals surface area (Å²) in [6.45, 7) is 14.2. The predicted octanol–water partition coefficient (Wildman–Crippen LogP) is 3.25. The van der Waals surface area contributed by atoms with Crippen molar-refractivity contribution in [3.63, 3.8) is 0 Å². The van der Waals surface area contributed by atoms with Gasteiger partial charge in [0.1, 0.15) is 0 Å². The number of carbonyl (C=O) groups is 1. The van der Waals surface area contributed by atoms with Crippen molar-refractivity contribution in [2.24, 2.45) is 5.92 Å². The molecule has 3 heteroatoms. The normalized spacial score (nSPS) is 11.9. The smallest absolute Gasteiger partial charge is 0.303 e. The molecule has 0 aliphatic heterocycles. The zero-order valence-electron chi connectivity index (χ0n) is 11.6. The Morgan fingerprint density at radius 3 is 1.75 bits per heavy atom. The molecular weight excluding hydrogens is 202 g/mol. The first-order valence-corrected chi connectivity index (χ1v) is 6.45. The van der Waals surface area contributed by atoms with E-state index in [2.05, 4.69) is 32.6 Å². The van der Waals surface area contributed by atoms with Crippen LogP contribution in [-0.4, -0.2) is 35.6 Å². The lowest BCUT2D eigenvalue weighted by Crippen LogP contribution is -2.21. The molecule has 0 rings (SSSR count). The van der Waals surface area contributed by atoms with Crippen LogP contribution in [0.5, 0.6) is 0 Å². The summed E-state index contributed by atoms with van der Waals surface area (Å²) in [5.41, 5.74) is 0. The second-order valence-electron chi connectivity index (χ2n) is 4.11. The second kappa shape index (κ2) is 12.5. The van der Waals surface area contributed by atoms with Crippen LogP contribution >= 0.6 is 0 Å². The lowest BCUT2D eigenvalue weighted by Gasteiger charge is -2.13. The van der Waals surface area contributed by atoms with E-state index in [0.717, 1.165) is 12.8 Å². The molecule has 0 aromatic rings. The molecule has 0 aliphatic carbocycles. The maximum atomic E-state index is 10.1. The van der Waals surface area contributed by atoms with Gasteiger partial charge in [-0.1, -0.05) is 47.5 Å². The molecular formula is C13H29NO2. The van der Waals surface area contributed by atoms with Gasteiger partial charge in [-0.15, -0.1) is 0 Å². The van der Waals surface area contributed by atoms with Gasteiger partial charge in [0.2, 0.25) is 0 Å². The Morgan fingerprint density at radius 2 is 1.56 bits per heavy atom. The van der Waals surface area contributed by atoms with Gasteiger partial charge in [-0.25, -0.2) is 0 Å². The Hall–Kier alpha value is -0.570.